The standard InChI is InChI=1S/C13H10BrClN2O2/c1-19-13(18)9-7-16-11(17-12(9)15)6-8-4-2-3-5-10(8)14/h2-5,7H,6H2,1H3. The molecule has 0 fully saturated rings. The molecule has 0 aliphatic heterocycles. The van der Waals surface area contributed by atoms with Crippen molar-refractivity contribution in [1.82, 2.24) is 9.97 Å². The van der Waals surface area contributed by atoms with E-state index in [0.717, 1.165) is 10.0 Å². The molecule has 1 heterocycles. The summed E-state index contributed by atoms with van der Waals surface area (Å²) in [7, 11) is 1.29. The molecule has 0 aliphatic rings. The molecule has 1 aromatic heterocycles. The second-order valence-corrected chi connectivity index (χ2v) is 4.96. The normalized spacial score (nSPS) is 10.3. The third-order valence-corrected chi connectivity index (χ3v) is 3.57. The van der Waals surface area contributed by atoms with Crippen LogP contribution in [0.25, 0.3) is 0 Å². The van der Waals surface area contributed by atoms with Gasteiger partial charge in [0.1, 0.15) is 16.5 Å². The zero-order valence-electron chi connectivity index (χ0n) is 10.1. The van der Waals surface area contributed by atoms with Crippen LogP contribution >= 0.6 is 27.5 Å². The predicted molar refractivity (Wildman–Crippen MR) is 75.3 cm³/mol. The van der Waals surface area contributed by atoms with Crippen LogP contribution in [-0.2, 0) is 11.2 Å². The number of methoxy groups -OCH3 is 1. The van der Waals surface area contributed by atoms with E-state index in [1.165, 1.54) is 13.3 Å². The number of carbonyl (C=O) groups excluding carboxylic acids is 1. The first kappa shape index (κ1) is 14.0. The van der Waals surface area contributed by atoms with Crippen molar-refractivity contribution in [3.8, 4) is 0 Å². The van der Waals surface area contributed by atoms with Crippen molar-refractivity contribution in [1.29, 1.82) is 0 Å². The minimum absolute atomic E-state index is 0.101. The number of benzene rings is 1. The Kier molecular flexibility index (Phi) is 4.50. The van der Waals surface area contributed by atoms with Gasteiger partial charge in [-0.25, -0.2) is 14.8 Å². The molecule has 4 nitrogen and oxygen atoms in total. The molecule has 0 N–H and O–H groups in total. The van der Waals surface area contributed by atoms with Crippen molar-refractivity contribution in [2.24, 2.45) is 0 Å². The van der Waals surface area contributed by atoms with E-state index in [1.54, 1.807) is 0 Å². The van der Waals surface area contributed by atoms with Crippen LogP contribution in [0.1, 0.15) is 21.7 Å². The lowest BCUT2D eigenvalue weighted by Crippen LogP contribution is -2.07. The summed E-state index contributed by atoms with van der Waals surface area (Å²) in [6, 6.07) is 7.78. The first-order valence-electron chi connectivity index (χ1n) is 5.45. The highest BCUT2D eigenvalue weighted by Crippen LogP contribution is 2.20. The molecule has 0 amide bonds. The lowest BCUT2D eigenvalue weighted by atomic mass is 10.1. The minimum atomic E-state index is -0.544. The second kappa shape index (κ2) is 6.12. The first-order valence-corrected chi connectivity index (χ1v) is 6.62. The molecule has 0 spiro atoms. The van der Waals surface area contributed by atoms with Crippen molar-refractivity contribution in [3.63, 3.8) is 0 Å². The summed E-state index contributed by atoms with van der Waals surface area (Å²) in [5.74, 6) is 0.00185. The lowest BCUT2D eigenvalue weighted by molar-refractivity contribution is 0.0600. The average molecular weight is 342 g/mol. The van der Waals surface area contributed by atoms with Gasteiger partial charge in [-0.2, -0.15) is 0 Å². The minimum Gasteiger partial charge on any atom is -0.465 e. The summed E-state index contributed by atoms with van der Waals surface area (Å²) < 4.78 is 5.56. The van der Waals surface area contributed by atoms with E-state index >= 15 is 0 Å². The summed E-state index contributed by atoms with van der Waals surface area (Å²) in [6.45, 7) is 0. The zero-order valence-corrected chi connectivity index (χ0v) is 12.4. The number of nitrogens with zero attached hydrogens (tertiary/aromatic N) is 2. The molecule has 6 heteroatoms. The number of hydrogen-bond donors (Lipinski definition) is 0. The zero-order chi connectivity index (χ0) is 13.8. The van der Waals surface area contributed by atoms with Crippen LogP contribution in [0.3, 0.4) is 0 Å². The molecule has 0 atom stereocenters. The van der Waals surface area contributed by atoms with E-state index in [1.807, 2.05) is 24.3 Å². The maximum atomic E-state index is 11.4. The molecule has 2 aromatic rings. The van der Waals surface area contributed by atoms with Crippen molar-refractivity contribution in [3.05, 3.63) is 57.0 Å². The van der Waals surface area contributed by atoms with Gasteiger partial charge in [0.25, 0.3) is 0 Å². The van der Waals surface area contributed by atoms with Crippen molar-refractivity contribution in [2.45, 2.75) is 6.42 Å². The Morgan fingerprint density at radius 1 is 1.42 bits per heavy atom. The van der Waals surface area contributed by atoms with Crippen LogP contribution in [0.15, 0.2) is 34.9 Å². The number of ether oxygens (including phenoxy) is 1. The molecular weight excluding hydrogens is 332 g/mol. The summed E-state index contributed by atoms with van der Waals surface area (Å²) in [5.41, 5.74) is 1.21. The smallest absolute Gasteiger partial charge is 0.342 e. The SMILES string of the molecule is COC(=O)c1cnc(Cc2ccccc2Br)nc1Cl. The van der Waals surface area contributed by atoms with Crippen molar-refractivity contribution >= 4 is 33.5 Å². The highest BCUT2D eigenvalue weighted by Gasteiger charge is 2.14. The van der Waals surface area contributed by atoms with Gasteiger partial charge in [0, 0.05) is 17.1 Å². The van der Waals surface area contributed by atoms with Gasteiger partial charge in [0.2, 0.25) is 0 Å². The number of rotatable bonds is 3. The number of hydrogen-bond acceptors (Lipinski definition) is 4. The first-order chi connectivity index (χ1) is 9.11. The monoisotopic (exact) mass is 340 g/mol. The van der Waals surface area contributed by atoms with Gasteiger partial charge in [-0.05, 0) is 11.6 Å². The summed E-state index contributed by atoms with van der Waals surface area (Å²) in [5, 5.41) is 0.101. The van der Waals surface area contributed by atoms with Crippen LogP contribution in [0.5, 0.6) is 0 Å². The van der Waals surface area contributed by atoms with Gasteiger partial charge in [-0.1, -0.05) is 45.7 Å². The maximum Gasteiger partial charge on any atom is 0.342 e. The topological polar surface area (TPSA) is 52.1 Å². The van der Waals surface area contributed by atoms with E-state index in [2.05, 4.69) is 30.6 Å². The molecule has 2 rings (SSSR count). The van der Waals surface area contributed by atoms with Gasteiger partial charge in [-0.15, -0.1) is 0 Å². The number of carbonyl (C=O) groups is 1. The van der Waals surface area contributed by atoms with E-state index in [-0.39, 0.29) is 10.7 Å². The second-order valence-electron chi connectivity index (χ2n) is 3.75. The number of halogens is 2. The molecule has 0 unspecified atom stereocenters. The summed E-state index contributed by atoms with van der Waals surface area (Å²) in [6.07, 6.45) is 1.91. The Morgan fingerprint density at radius 3 is 2.79 bits per heavy atom. The third-order valence-electron chi connectivity index (χ3n) is 2.50. The predicted octanol–water partition coefficient (Wildman–Crippen LogP) is 3.27. The maximum absolute atomic E-state index is 11.4. The fourth-order valence-corrected chi connectivity index (χ4v) is 2.19. The number of aromatic nitrogens is 2. The van der Waals surface area contributed by atoms with Crippen molar-refractivity contribution < 1.29 is 9.53 Å². The van der Waals surface area contributed by atoms with Gasteiger partial charge in [0.05, 0.1) is 7.11 Å². The molecule has 98 valence electrons. The third kappa shape index (κ3) is 3.30. The molecular formula is C13H10BrClN2O2. The molecule has 0 saturated carbocycles. The Labute approximate surface area is 123 Å². The van der Waals surface area contributed by atoms with Gasteiger partial charge in [-0.3, -0.25) is 0 Å². The van der Waals surface area contributed by atoms with Gasteiger partial charge < -0.3 is 4.74 Å². The Morgan fingerprint density at radius 2 is 2.16 bits per heavy atom. The fraction of sp³-hybridized carbons (Fsp3) is 0.154. The van der Waals surface area contributed by atoms with Crippen molar-refractivity contribution in [2.75, 3.05) is 7.11 Å². The van der Waals surface area contributed by atoms with Crippen LogP contribution in [-0.4, -0.2) is 23.0 Å². The quantitative estimate of drug-likeness (QED) is 0.635. The summed E-state index contributed by atoms with van der Waals surface area (Å²) in [4.78, 5) is 19.6. The Hall–Kier alpha value is -1.46. The van der Waals surface area contributed by atoms with E-state index < -0.39 is 5.97 Å². The Balaban J connectivity index is 2.26. The summed E-state index contributed by atoms with van der Waals surface area (Å²) >= 11 is 9.40. The molecule has 0 saturated heterocycles. The Bertz CT molecular complexity index is 619. The van der Waals surface area contributed by atoms with E-state index in [9.17, 15) is 4.79 Å². The molecule has 0 radical (unpaired) electrons. The van der Waals surface area contributed by atoms with Gasteiger partial charge >= 0.3 is 5.97 Å². The van der Waals surface area contributed by atoms with E-state index in [0.29, 0.717) is 12.2 Å². The molecule has 1 aromatic carbocycles. The molecule has 19 heavy (non-hydrogen) atoms. The van der Waals surface area contributed by atoms with Crippen LogP contribution < -0.4 is 0 Å². The van der Waals surface area contributed by atoms with Crippen LogP contribution in [0.2, 0.25) is 5.15 Å². The fourth-order valence-electron chi connectivity index (χ4n) is 1.54. The number of esters is 1. The van der Waals surface area contributed by atoms with Crippen LogP contribution in [0.4, 0.5) is 0 Å². The highest BCUT2D eigenvalue weighted by atomic mass is 79.9. The van der Waals surface area contributed by atoms with Gasteiger partial charge in [0.15, 0.2) is 0 Å². The largest absolute Gasteiger partial charge is 0.465 e. The molecule has 0 bridgehead atoms. The highest BCUT2D eigenvalue weighted by molar-refractivity contribution is 9.10. The lowest BCUT2D eigenvalue weighted by Gasteiger charge is -2.05. The molecule has 0 aliphatic carbocycles. The average Bonchev–Trinajstić information content (AvgIpc) is 2.41. The van der Waals surface area contributed by atoms with E-state index in [4.69, 9.17) is 11.6 Å². The van der Waals surface area contributed by atoms with Crippen LogP contribution in [0, 0.1) is 0 Å².